The summed E-state index contributed by atoms with van der Waals surface area (Å²) in [5.41, 5.74) is 0. The third-order valence-electron chi connectivity index (χ3n) is 13.1. The van der Waals surface area contributed by atoms with Crippen LogP contribution >= 0.6 is 7.82 Å². The molecule has 9 heteroatoms. The van der Waals surface area contributed by atoms with Crippen molar-refractivity contribution in [3.8, 4) is 0 Å². The Kier molecular flexibility index (Phi) is 51.8. The number of likely N-dealkylation sites (N-methyl/N-ethyl adjacent to an activating group) is 1. The fourth-order valence-electron chi connectivity index (χ4n) is 8.43. The van der Waals surface area contributed by atoms with E-state index in [1.54, 1.807) is 6.08 Å². The van der Waals surface area contributed by atoms with Crippen LogP contribution in [0.2, 0.25) is 0 Å². The lowest BCUT2D eigenvalue weighted by atomic mass is 10.0. The van der Waals surface area contributed by atoms with Crippen LogP contribution in [0.5, 0.6) is 0 Å². The molecule has 72 heavy (non-hydrogen) atoms. The molecule has 0 aromatic heterocycles. The number of aliphatic hydroxyl groups excluding tert-OH is 1. The first kappa shape index (κ1) is 69.7. The van der Waals surface area contributed by atoms with Crippen molar-refractivity contribution in [2.75, 3.05) is 40.9 Å². The van der Waals surface area contributed by atoms with Crippen molar-refractivity contribution in [3.63, 3.8) is 0 Å². The van der Waals surface area contributed by atoms with E-state index in [1.807, 2.05) is 27.2 Å². The molecule has 2 N–H and O–H groups in total. The molecule has 3 unspecified atom stereocenters. The van der Waals surface area contributed by atoms with E-state index in [0.29, 0.717) is 17.4 Å². The summed E-state index contributed by atoms with van der Waals surface area (Å²) in [5, 5.41) is 13.8. The van der Waals surface area contributed by atoms with Gasteiger partial charge in [-0.2, -0.15) is 0 Å². The van der Waals surface area contributed by atoms with Crippen LogP contribution in [-0.2, 0) is 18.4 Å². The number of phosphoric ester groups is 1. The Morgan fingerprint density at radius 3 is 1.29 bits per heavy atom. The Morgan fingerprint density at radius 1 is 0.500 bits per heavy atom. The minimum absolute atomic E-state index is 0.0173. The molecule has 3 atom stereocenters. The average Bonchev–Trinajstić information content (AvgIpc) is 3.34. The summed E-state index contributed by atoms with van der Waals surface area (Å²) >= 11 is 0. The van der Waals surface area contributed by atoms with Gasteiger partial charge in [0.2, 0.25) is 5.91 Å². The third kappa shape index (κ3) is 55.4. The summed E-state index contributed by atoms with van der Waals surface area (Å²) < 4.78 is 23.3. The number of amides is 1. The largest absolute Gasteiger partial charge is 0.756 e. The lowest BCUT2D eigenvalue weighted by Crippen LogP contribution is -2.45. The van der Waals surface area contributed by atoms with E-state index in [0.717, 1.165) is 70.6 Å². The molecule has 0 heterocycles. The molecule has 0 aliphatic heterocycles. The molecule has 0 aliphatic rings. The van der Waals surface area contributed by atoms with Crippen LogP contribution in [0.1, 0.15) is 258 Å². The molecule has 8 nitrogen and oxygen atoms in total. The highest BCUT2D eigenvalue weighted by molar-refractivity contribution is 7.45. The second-order valence-electron chi connectivity index (χ2n) is 21.3. The highest BCUT2D eigenvalue weighted by Gasteiger charge is 2.23. The van der Waals surface area contributed by atoms with Gasteiger partial charge >= 0.3 is 0 Å². The topological polar surface area (TPSA) is 108 Å². The van der Waals surface area contributed by atoms with Crippen LogP contribution in [0.3, 0.4) is 0 Å². The number of aliphatic hydroxyl groups is 1. The molecule has 0 aliphatic carbocycles. The summed E-state index contributed by atoms with van der Waals surface area (Å²) in [7, 11) is 1.21. The second kappa shape index (κ2) is 53.5. The Bertz CT molecular complexity index is 1450. The summed E-state index contributed by atoms with van der Waals surface area (Å²) in [6.45, 7) is 4.50. The second-order valence-corrected chi connectivity index (χ2v) is 22.7. The monoisotopic (exact) mass is 1030 g/mol. The first-order valence-corrected chi connectivity index (χ1v) is 31.4. The van der Waals surface area contributed by atoms with E-state index in [-0.39, 0.29) is 18.9 Å². The van der Waals surface area contributed by atoms with Crippen LogP contribution in [0.4, 0.5) is 0 Å². The van der Waals surface area contributed by atoms with E-state index in [2.05, 4.69) is 92.1 Å². The van der Waals surface area contributed by atoms with Crippen molar-refractivity contribution in [3.05, 3.63) is 85.1 Å². The maximum Gasteiger partial charge on any atom is 0.268 e. The van der Waals surface area contributed by atoms with Crippen LogP contribution in [0.25, 0.3) is 0 Å². The van der Waals surface area contributed by atoms with Crippen LogP contribution in [-0.4, -0.2) is 68.5 Å². The fraction of sp³-hybridized carbons (Fsp3) is 0.762. The molecule has 0 spiro atoms. The molecule has 0 saturated carbocycles. The Morgan fingerprint density at radius 2 is 0.861 bits per heavy atom. The Balaban J connectivity index is 4.23. The number of carbonyl (C=O) groups is 1. The van der Waals surface area contributed by atoms with Crippen molar-refractivity contribution >= 4 is 13.7 Å². The number of unbranched alkanes of at least 4 members (excludes halogenated alkanes) is 29. The first-order chi connectivity index (χ1) is 35.0. The minimum Gasteiger partial charge on any atom is -0.756 e. The van der Waals surface area contributed by atoms with Gasteiger partial charge in [0.15, 0.2) is 0 Å². The van der Waals surface area contributed by atoms with Crippen LogP contribution in [0.15, 0.2) is 85.1 Å². The molecule has 0 bridgehead atoms. The zero-order chi connectivity index (χ0) is 52.7. The zero-order valence-electron chi connectivity index (χ0n) is 47.6. The molecule has 1 amide bonds. The number of allylic oxidation sites excluding steroid dienone is 13. The maximum atomic E-state index is 12.9. The van der Waals surface area contributed by atoms with E-state index >= 15 is 0 Å². The van der Waals surface area contributed by atoms with Gasteiger partial charge in [-0.15, -0.1) is 0 Å². The molecule has 0 aromatic carbocycles. The van der Waals surface area contributed by atoms with Crippen molar-refractivity contribution < 1.29 is 32.9 Å². The highest BCUT2D eigenvalue weighted by Crippen LogP contribution is 2.38. The number of carbonyl (C=O) groups excluding carboxylic acids is 1. The van der Waals surface area contributed by atoms with Crippen molar-refractivity contribution in [1.29, 1.82) is 0 Å². The molecule has 0 saturated heterocycles. The lowest BCUT2D eigenvalue weighted by Gasteiger charge is -2.29. The van der Waals surface area contributed by atoms with Gasteiger partial charge in [0.1, 0.15) is 13.2 Å². The predicted octanol–water partition coefficient (Wildman–Crippen LogP) is 17.8. The van der Waals surface area contributed by atoms with Gasteiger partial charge in [0.05, 0.1) is 39.9 Å². The third-order valence-corrected chi connectivity index (χ3v) is 14.1. The number of rotatable bonds is 54. The maximum absolute atomic E-state index is 12.9. The van der Waals surface area contributed by atoms with Gasteiger partial charge in [-0.3, -0.25) is 9.36 Å². The molecule has 0 rings (SSSR count). The average molecular weight is 1030 g/mol. The molecule has 0 radical (unpaired) electrons. The standard InChI is InChI=1S/C63H115N2O6P/c1-6-8-10-12-14-16-18-20-22-24-26-27-28-29-30-31-32-33-34-35-36-37-39-40-42-44-46-48-50-52-54-56-62(66)61(60-71-72(68,69)70-59-58-65(3,4)5)64-63(67)57-55-53-51-49-47-45-43-41-38-25-23-21-19-17-15-13-11-9-7-2/h9,11,15,17,21,23,38,41,45-48,54,56,61-62,66H,6-8,10,12-14,16,18-20,22,24-37,39-40,42-44,49-53,55,57-60H2,1-5H3,(H-,64,67,68,69)/b11-9-,17-15-,23-21-,41-38-,47-45-,48-46+,56-54+. The van der Waals surface area contributed by atoms with Gasteiger partial charge in [0, 0.05) is 6.42 Å². The van der Waals surface area contributed by atoms with Crippen LogP contribution < -0.4 is 10.2 Å². The summed E-state index contributed by atoms with van der Waals surface area (Å²) in [6.07, 6.45) is 75.5. The fourth-order valence-corrected chi connectivity index (χ4v) is 9.16. The van der Waals surface area contributed by atoms with Crippen molar-refractivity contribution in [2.45, 2.75) is 270 Å². The molecular formula is C63H115N2O6P. The molecule has 0 fully saturated rings. The van der Waals surface area contributed by atoms with Gasteiger partial charge in [-0.05, 0) is 77.0 Å². The summed E-state index contributed by atoms with van der Waals surface area (Å²) in [4.78, 5) is 25.5. The number of quaternary nitrogens is 1. The van der Waals surface area contributed by atoms with Crippen molar-refractivity contribution in [1.82, 2.24) is 5.32 Å². The van der Waals surface area contributed by atoms with Gasteiger partial charge < -0.3 is 28.8 Å². The quantitative estimate of drug-likeness (QED) is 0.0272. The van der Waals surface area contributed by atoms with E-state index in [9.17, 15) is 19.4 Å². The molecule has 0 aromatic rings. The minimum atomic E-state index is -4.62. The Hall–Kier alpha value is -2.32. The van der Waals surface area contributed by atoms with Gasteiger partial charge in [-0.25, -0.2) is 0 Å². The normalized spacial score (nSPS) is 14.5. The first-order valence-electron chi connectivity index (χ1n) is 29.9. The van der Waals surface area contributed by atoms with Crippen LogP contribution in [0, 0.1) is 0 Å². The Labute approximate surface area is 446 Å². The SMILES string of the molecule is CC/C=C\C/C=C\C/C=C\C/C=C\C/C=C\CCCCCC(=O)NC(COP(=O)([O-])OCC[N+](C)(C)C)C(O)/C=C/CC/C=C/CCCCCCCCCCCCCCCCCCCCCCCCCCC. The van der Waals surface area contributed by atoms with Gasteiger partial charge in [0.25, 0.3) is 7.82 Å². The van der Waals surface area contributed by atoms with E-state index in [1.165, 1.54) is 161 Å². The predicted molar refractivity (Wildman–Crippen MR) is 311 cm³/mol. The summed E-state index contributed by atoms with van der Waals surface area (Å²) in [6, 6.07) is -0.927. The summed E-state index contributed by atoms with van der Waals surface area (Å²) in [5.74, 6) is -0.239. The lowest BCUT2D eigenvalue weighted by molar-refractivity contribution is -0.870. The highest BCUT2D eigenvalue weighted by atomic mass is 31.2. The molecular weight excluding hydrogens is 912 g/mol. The number of hydrogen-bond donors (Lipinski definition) is 2. The molecule has 418 valence electrons. The number of nitrogens with one attached hydrogen (secondary N) is 1. The van der Waals surface area contributed by atoms with E-state index in [4.69, 9.17) is 9.05 Å². The zero-order valence-corrected chi connectivity index (χ0v) is 48.5. The smallest absolute Gasteiger partial charge is 0.268 e. The number of hydrogen-bond acceptors (Lipinski definition) is 6. The van der Waals surface area contributed by atoms with E-state index < -0.39 is 26.6 Å². The number of nitrogens with zero attached hydrogens (tertiary/aromatic N) is 1. The van der Waals surface area contributed by atoms with Gasteiger partial charge in [-0.1, -0.05) is 259 Å². The number of phosphoric acid groups is 1. The van der Waals surface area contributed by atoms with Crippen molar-refractivity contribution in [2.24, 2.45) is 0 Å².